The Balaban J connectivity index is 1.71. The van der Waals surface area contributed by atoms with E-state index in [1.54, 1.807) is 0 Å². The minimum absolute atomic E-state index is 0.352. The van der Waals surface area contributed by atoms with Gasteiger partial charge in [0.2, 0.25) is 0 Å². The molecule has 1 heterocycles. The molecule has 1 saturated heterocycles. The van der Waals surface area contributed by atoms with Gasteiger partial charge in [0, 0.05) is 6.42 Å². The van der Waals surface area contributed by atoms with Gasteiger partial charge in [0.1, 0.15) is 6.10 Å². The molecule has 2 aromatic rings. The number of hydrogen-bond donors (Lipinski definition) is 1. The standard InChI is InChI=1S/C18H22NO4P/c1-13-7-3-5-9-15(13)11-17-18(23-24(19,20)22-17)21-12-16-10-6-4-8-14(16)2/h3-10,17-18H,11-12H2,1-2H3,(H2,19,20)/t17?,18-,24?/m1/s1. The van der Waals surface area contributed by atoms with Crippen molar-refractivity contribution in [1.82, 2.24) is 0 Å². The Morgan fingerprint density at radius 2 is 1.58 bits per heavy atom. The van der Waals surface area contributed by atoms with Crippen molar-refractivity contribution >= 4 is 7.75 Å². The van der Waals surface area contributed by atoms with Gasteiger partial charge < -0.3 is 4.74 Å². The Hall–Kier alpha value is -1.49. The molecule has 0 radical (unpaired) electrons. The zero-order valence-corrected chi connectivity index (χ0v) is 14.7. The molecule has 1 aliphatic rings. The first kappa shape index (κ1) is 17.3. The molecular weight excluding hydrogens is 325 g/mol. The fraction of sp³-hybridized carbons (Fsp3) is 0.333. The zero-order chi connectivity index (χ0) is 17.2. The summed E-state index contributed by atoms with van der Waals surface area (Å²) < 4.78 is 28.6. The molecule has 0 aromatic heterocycles. The molecule has 5 nitrogen and oxygen atoms in total. The molecule has 128 valence electrons. The minimum Gasteiger partial charge on any atom is -0.345 e. The third kappa shape index (κ3) is 4.12. The van der Waals surface area contributed by atoms with Crippen LogP contribution < -0.4 is 5.50 Å². The summed E-state index contributed by atoms with van der Waals surface area (Å²) in [4.78, 5) is 0. The second kappa shape index (κ2) is 7.18. The molecule has 24 heavy (non-hydrogen) atoms. The van der Waals surface area contributed by atoms with Crippen molar-refractivity contribution < 1.29 is 18.3 Å². The second-order valence-electron chi connectivity index (χ2n) is 6.03. The van der Waals surface area contributed by atoms with Gasteiger partial charge in [-0.3, -0.25) is 9.05 Å². The number of benzene rings is 2. The largest absolute Gasteiger partial charge is 0.405 e. The van der Waals surface area contributed by atoms with Gasteiger partial charge in [0.15, 0.2) is 6.29 Å². The molecule has 2 aromatic carbocycles. The van der Waals surface area contributed by atoms with Gasteiger partial charge in [-0.2, -0.15) is 0 Å². The van der Waals surface area contributed by atoms with Crippen LogP contribution >= 0.6 is 7.75 Å². The zero-order valence-electron chi connectivity index (χ0n) is 13.8. The van der Waals surface area contributed by atoms with Gasteiger partial charge >= 0.3 is 7.75 Å². The predicted molar refractivity (Wildman–Crippen MR) is 92.4 cm³/mol. The van der Waals surface area contributed by atoms with Crippen molar-refractivity contribution in [3.8, 4) is 0 Å². The van der Waals surface area contributed by atoms with E-state index in [0.717, 1.165) is 22.3 Å². The Bertz CT molecular complexity index is 764. The number of aryl methyl sites for hydroxylation is 2. The summed E-state index contributed by atoms with van der Waals surface area (Å²) in [6.07, 6.45) is -0.710. The molecule has 0 bridgehead atoms. The highest BCUT2D eigenvalue weighted by atomic mass is 31.2. The molecular formula is C18H22NO4P. The highest BCUT2D eigenvalue weighted by Gasteiger charge is 2.43. The lowest BCUT2D eigenvalue weighted by molar-refractivity contribution is -0.104. The van der Waals surface area contributed by atoms with Crippen molar-refractivity contribution in [1.29, 1.82) is 0 Å². The first-order chi connectivity index (χ1) is 11.4. The first-order valence-electron chi connectivity index (χ1n) is 7.91. The van der Waals surface area contributed by atoms with Crippen LogP contribution in [-0.4, -0.2) is 12.4 Å². The summed E-state index contributed by atoms with van der Waals surface area (Å²) in [6.45, 7) is 4.39. The fourth-order valence-corrected chi connectivity index (χ4v) is 3.83. The Labute approximate surface area is 142 Å². The molecule has 0 amide bonds. The van der Waals surface area contributed by atoms with E-state index in [4.69, 9.17) is 19.3 Å². The van der Waals surface area contributed by atoms with Crippen LogP contribution in [0.5, 0.6) is 0 Å². The van der Waals surface area contributed by atoms with Crippen LogP contribution in [0.25, 0.3) is 0 Å². The average Bonchev–Trinajstić information content (AvgIpc) is 2.83. The van der Waals surface area contributed by atoms with Gasteiger partial charge in [-0.05, 0) is 36.1 Å². The maximum absolute atomic E-state index is 12.0. The van der Waals surface area contributed by atoms with Crippen LogP contribution in [0.1, 0.15) is 22.3 Å². The quantitative estimate of drug-likeness (QED) is 0.832. The van der Waals surface area contributed by atoms with E-state index < -0.39 is 20.1 Å². The second-order valence-corrected chi connectivity index (χ2v) is 7.53. The maximum atomic E-state index is 12.0. The molecule has 0 aliphatic carbocycles. The monoisotopic (exact) mass is 347 g/mol. The third-order valence-electron chi connectivity index (χ3n) is 4.18. The molecule has 3 atom stereocenters. The Kier molecular flexibility index (Phi) is 5.18. The lowest BCUT2D eigenvalue weighted by Gasteiger charge is -2.18. The van der Waals surface area contributed by atoms with Crippen molar-refractivity contribution in [2.75, 3.05) is 0 Å². The van der Waals surface area contributed by atoms with Crippen LogP contribution in [-0.2, 0) is 31.4 Å². The summed E-state index contributed by atoms with van der Waals surface area (Å²) in [6, 6.07) is 15.9. The molecule has 2 unspecified atom stereocenters. The van der Waals surface area contributed by atoms with E-state index in [9.17, 15) is 4.57 Å². The molecule has 0 saturated carbocycles. The molecule has 2 N–H and O–H groups in total. The van der Waals surface area contributed by atoms with Gasteiger partial charge in [0.25, 0.3) is 0 Å². The van der Waals surface area contributed by atoms with Crippen molar-refractivity contribution in [3.63, 3.8) is 0 Å². The molecule has 3 rings (SSSR count). The van der Waals surface area contributed by atoms with Crippen LogP contribution in [0.4, 0.5) is 0 Å². The van der Waals surface area contributed by atoms with Crippen molar-refractivity contribution in [3.05, 3.63) is 70.8 Å². The highest BCUT2D eigenvalue weighted by Crippen LogP contribution is 2.50. The smallest absolute Gasteiger partial charge is 0.345 e. The Morgan fingerprint density at radius 3 is 2.21 bits per heavy atom. The molecule has 6 heteroatoms. The normalized spacial score (nSPS) is 26.6. The lowest BCUT2D eigenvalue weighted by Crippen LogP contribution is -2.28. The van der Waals surface area contributed by atoms with E-state index in [1.165, 1.54) is 0 Å². The predicted octanol–water partition coefficient (Wildman–Crippen LogP) is 3.87. The van der Waals surface area contributed by atoms with Crippen molar-refractivity contribution in [2.24, 2.45) is 5.50 Å². The summed E-state index contributed by atoms with van der Waals surface area (Å²) in [7, 11) is -3.57. The lowest BCUT2D eigenvalue weighted by atomic mass is 10.0. The van der Waals surface area contributed by atoms with Crippen LogP contribution in [0, 0.1) is 13.8 Å². The summed E-state index contributed by atoms with van der Waals surface area (Å²) >= 11 is 0. The van der Waals surface area contributed by atoms with Gasteiger partial charge in [-0.25, -0.2) is 10.1 Å². The highest BCUT2D eigenvalue weighted by molar-refractivity contribution is 7.51. The van der Waals surface area contributed by atoms with E-state index in [1.807, 2.05) is 62.4 Å². The van der Waals surface area contributed by atoms with Crippen LogP contribution in [0.15, 0.2) is 48.5 Å². The Morgan fingerprint density at radius 1 is 1.00 bits per heavy atom. The van der Waals surface area contributed by atoms with Crippen molar-refractivity contribution in [2.45, 2.75) is 39.3 Å². The molecule has 0 spiro atoms. The number of rotatable bonds is 5. The molecule has 1 fully saturated rings. The van der Waals surface area contributed by atoms with E-state index in [0.29, 0.717) is 13.0 Å². The van der Waals surface area contributed by atoms with E-state index in [-0.39, 0.29) is 0 Å². The van der Waals surface area contributed by atoms with E-state index >= 15 is 0 Å². The summed E-state index contributed by atoms with van der Waals surface area (Å²) in [5.41, 5.74) is 9.99. The number of ether oxygens (including phenoxy) is 1. The van der Waals surface area contributed by atoms with Gasteiger partial charge in [-0.15, -0.1) is 0 Å². The molecule has 1 aliphatic heterocycles. The van der Waals surface area contributed by atoms with Gasteiger partial charge in [-0.1, -0.05) is 48.5 Å². The SMILES string of the molecule is Cc1ccccc1CO[C@@H]1OP(N)(=O)OC1Cc1ccccc1C. The summed E-state index contributed by atoms with van der Waals surface area (Å²) in [5, 5.41) is 0. The summed E-state index contributed by atoms with van der Waals surface area (Å²) in [5.74, 6) is 0. The average molecular weight is 347 g/mol. The number of nitrogens with two attached hydrogens (primary N) is 1. The van der Waals surface area contributed by atoms with Crippen LogP contribution in [0.3, 0.4) is 0 Å². The topological polar surface area (TPSA) is 70.8 Å². The van der Waals surface area contributed by atoms with E-state index in [2.05, 4.69) is 0 Å². The van der Waals surface area contributed by atoms with Crippen LogP contribution in [0.2, 0.25) is 0 Å². The minimum atomic E-state index is -3.57. The third-order valence-corrected chi connectivity index (χ3v) is 5.25. The fourth-order valence-electron chi connectivity index (χ4n) is 2.75. The first-order valence-corrected chi connectivity index (χ1v) is 9.52. The maximum Gasteiger partial charge on any atom is 0.405 e. The van der Waals surface area contributed by atoms with Gasteiger partial charge in [0.05, 0.1) is 6.61 Å². The number of hydrogen-bond acceptors (Lipinski definition) is 4.